The molecule has 5 nitrogen and oxygen atoms in total. The van der Waals surface area contributed by atoms with E-state index in [1.807, 2.05) is 0 Å². The van der Waals surface area contributed by atoms with E-state index in [4.69, 9.17) is 14.6 Å². The average molecular weight is 387 g/mol. The molecule has 0 aromatic carbocycles. The Hall–Kier alpha value is -0.460. The molecule has 0 amide bonds. The van der Waals surface area contributed by atoms with Gasteiger partial charge in [0.2, 0.25) is 0 Å². The number of unbranched alkanes of at least 4 members (excludes halogenated alkanes) is 10. The van der Waals surface area contributed by atoms with Crippen LogP contribution in [-0.4, -0.2) is 59.6 Å². The number of aliphatic hydroxyl groups excluding tert-OH is 3. The van der Waals surface area contributed by atoms with Gasteiger partial charge in [0.25, 0.3) is 0 Å². The summed E-state index contributed by atoms with van der Waals surface area (Å²) in [5.41, 5.74) is 0. The molecule has 1 rings (SSSR count). The highest BCUT2D eigenvalue weighted by Gasteiger charge is 2.40. The van der Waals surface area contributed by atoms with Crippen molar-refractivity contribution in [2.75, 3.05) is 19.8 Å². The SMILES string of the molecule is CCCCC/C=C/CCCCCCCCCO[C@H]1CO[C@H]([C@H](O)CO)[C@@H]1O. The van der Waals surface area contributed by atoms with Crippen LogP contribution in [0.25, 0.3) is 0 Å². The summed E-state index contributed by atoms with van der Waals surface area (Å²) in [6.45, 7) is 2.71. The third-order valence-electron chi connectivity index (χ3n) is 5.22. The first-order valence-corrected chi connectivity index (χ1v) is 11.1. The van der Waals surface area contributed by atoms with Crippen LogP contribution in [0, 0.1) is 0 Å². The van der Waals surface area contributed by atoms with Gasteiger partial charge in [0.15, 0.2) is 0 Å². The summed E-state index contributed by atoms with van der Waals surface area (Å²) in [5.74, 6) is 0. The van der Waals surface area contributed by atoms with E-state index in [1.54, 1.807) is 0 Å². The van der Waals surface area contributed by atoms with Gasteiger partial charge in [0, 0.05) is 6.61 Å². The van der Waals surface area contributed by atoms with E-state index in [1.165, 1.54) is 64.2 Å². The van der Waals surface area contributed by atoms with Crippen LogP contribution in [0.2, 0.25) is 0 Å². The third kappa shape index (κ3) is 11.2. The molecular weight excluding hydrogens is 344 g/mol. The third-order valence-corrected chi connectivity index (χ3v) is 5.22. The zero-order valence-corrected chi connectivity index (χ0v) is 17.2. The highest BCUT2D eigenvalue weighted by Crippen LogP contribution is 2.20. The topological polar surface area (TPSA) is 79.2 Å². The normalized spacial score (nSPS) is 24.1. The van der Waals surface area contributed by atoms with Gasteiger partial charge in [-0.25, -0.2) is 0 Å². The maximum Gasteiger partial charge on any atom is 0.114 e. The monoisotopic (exact) mass is 386 g/mol. The van der Waals surface area contributed by atoms with Crippen molar-refractivity contribution in [2.24, 2.45) is 0 Å². The molecule has 1 saturated heterocycles. The summed E-state index contributed by atoms with van der Waals surface area (Å²) in [6.07, 6.45) is 16.6. The van der Waals surface area contributed by atoms with E-state index >= 15 is 0 Å². The van der Waals surface area contributed by atoms with Gasteiger partial charge in [-0.2, -0.15) is 0 Å². The van der Waals surface area contributed by atoms with Crippen molar-refractivity contribution >= 4 is 0 Å². The molecule has 0 radical (unpaired) electrons. The maximum absolute atomic E-state index is 10.0. The van der Waals surface area contributed by atoms with Gasteiger partial charge < -0.3 is 24.8 Å². The number of hydrogen-bond acceptors (Lipinski definition) is 5. The number of hydrogen-bond donors (Lipinski definition) is 3. The average Bonchev–Trinajstić information content (AvgIpc) is 3.04. The fraction of sp³-hybridized carbons (Fsp3) is 0.909. The van der Waals surface area contributed by atoms with Crippen LogP contribution in [0.5, 0.6) is 0 Å². The Morgan fingerprint density at radius 3 is 2.19 bits per heavy atom. The van der Waals surface area contributed by atoms with Gasteiger partial charge in [-0.05, 0) is 32.1 Å². The quantitative estimate of drug-likeness (QED) is 0.262. The fourth-order valence-corrected chi connectivity index (χ4v) is 3.43. The van der Waals surface area contributed by atoms with Crippen molar-refractivity contribution in [3.8, 4) is 0 Å². The molecule has 1 fully saturated rings. The van der Waals surface area contributed by atoms with Crippen LogP contribution in [0.3, 0.4) is 0 Å². The van der Waals surface area contributed by atoms with Gasteiger partial charge in [-0.15, -0.1) is 0 Å². The first-order valence-electron chi connectivity index (χ1n) is 11.1. The molecule has 0 aromatic rings. The molecule has 0 spiro atoms. The van der Waals surface area contributed by atoms with Crippen molar-refractivity contribution in [1.82, 2.24) is 0 Å². The summed E-state index contributed by atoms with van der Waals surface area (Å²) in [7, 11) is 0. The minimum atomic E-state index is -1.05. The van der Waals surface area contributed by atoms with E-state index in [2.05, 4.69) is 19.1 Å². The lowest BCUT2D eigenvalue weighted by Gasteiger charge is -2.20. The summed E-state index contributed by atoms with van der Waals surface area (Å²) < 4.78 is 11.0. The van der Waals surface area contributed by atoms with Gasteiger partial charge in [0.05, 0.1) is 13.2 Å². The van der Waals surface area contributed by atoms with Crippen LogP contribution >= 0.6 is 0 Å². The molecule has 5 heteroatoms. The Labute approximate surface area is 165 Å². The number of rotatable bonds is 17. The largest absolute Gasteiger partial charge is 0.394 e. The summed E-state index contributed by atoms with van der Waals surface area (Å²) in [6, 6.07) is 0. The first-order chi connectivity index (χ1) is 13.2. The molecule has 0 aliphatic carbocycles. The van der Waals surface area contributed by atoms with Crippen LogP contribution in [0.1, 0.15) is 84.0 Å². The fourth-order valence-electron chi connectivity index (χ4n) is 3.43. The molecular formula is C22H42O5. The van der Waals surface area contributed by atoms with Gasteiger partial charge in [-0.3, -0.25) is 0 Å². The van der Waals surface area contributed by atoms with Crippen LogP contribution in [0.15, 0.2) is 12.2 Å². The second-order valence-electron chi connectivity index (χ2n) is 7.68. The second kappa shape index (κ2) is 16.5. The van der Waals surface area contributed by atoms with Crippen molar-refractivity contribution in [3.05, 3.63) is 12.2 Å². The number of allylic oxidation sites excluding steroid dienone is 2. The maximum atomic E-state index is 10.0. The first kappa shape index (κ1) is 24.6. The number of aliphatic hydroxyl groups is 3. The highest BCUT2D eigenvalue weighted by atomic mass is 16.6. The molecule has 4 atom stereocenters. The van der Waals surface area contributed by atoms with E-state index < -0.39 is 31.0 Å². The van der Waals surface area contributed by atoms with E-state index in [0.717, 1.165) is 12.8 Å². The Morgan fingerprint density at radius 2 is 1.56 bits per heavy atom. The lowest BCUT2D eigenvalue weighted by atomic mass is 10.1. The smallest absolute Gasteiger partial charge is 0.114 e. The summed E-state index contributed by atoms with van der Waals surface area (Å²) in [4.78, 5) is 0. The predicted octanol–water partition coefficient (Wildman–Crippen LogP) is 3.74. The van der Waals surface area contributed by atoms with E-state index in [0.29, 0.717) is 6.61 Å². The van der Waals surface area contributed by atoms with Crippen LogP contribution in [-0.2, 0) is 9.47 Å². The predicted molar refractivity (Wildman–Crippen MR) is 109 cm³/mol. The molecule has 1 aliphatic heterocycles. The second-order valence-corrected chi connectivity index (χ2v) is 7.68. The molecule has 0 unspecified atom stereocenters. The van der Waals surface area contributed by atoms with Gasteiger partial charge >= 0.3 is 0 Å². The molecule has 0 saturated carbocycles. The lowest BCUT2D eigenvalue weighted by molar-refractivity contribution is -0.0730. The highest BCUT2D eigenvalue weighted by molar-refractivity contribution is 4.88. The Balaban J connectivity index is 1.86. The zero-order chi connectivity index (χ0) is 19.7. The van der Waals surface area contributed by atoms with Gasteiger partial charge in [0.1, 0.15) is 24.4 Å². The molecule has 27 heavy (non-hydrogen) atoms. The molecule has 1 heterocycles. The molecule has 160 valence electrons. The van der Waals surface area contributed by atoms with Crippen molar-refractivity contribution < 1.29 is 24.8 Å². The van der Waals surface area contributed by atoms with Crippen molar-refractivity contribution in [3.63, 3.8) is 0 Å². The van der Waals surface area contributed by atoms with Gasteiger partial charge in [-0.1, -0.05) is 64.0 Å². The molecule has 3 N–H and O–H groups in total. The minimum Gasteiger partial charge on any atom is -0.394 e. The van der Waals surface area contributed by atoms with Crippen molar-refractivity contribution in [1.29, 1.82) is 0 Å². The minimum absolute atomic E-state index is 0.274. The lowest BCUT2D eigenvalue weighted by Crippen LogP contribution is -2.41. The summed E-state index contributed by atoms with van der Waals surface area (Å²) >= 11 is 0. The van der Waals surface area contributed by atoms with Crippen LogP contribution < -0.4 is 0 Å². The van der Waals surface area contributed by atoms with Crippen molar-refractivity contribution in [2.45, 2.75) is 108 Å². The molecule has 0 aromatic heterocycles. The Bertz CT molecular complexity index is 361. The summed E-state index contributed by atoms with van der Waals surface area (Å²) in [5, 5.41) is 28.5. The van der Waals surface area contributed by atoms with Crippen LogP contribution in [0.4, 0.5) is 0 Å². The zero-order valence-electron chi connectivity index (χ0n) is 17.2. The Morgan fingerprint density at radius 1 is 0.963 bits per heavy atom. The standard InChI is InChI=1S/C22H42O5/c1-2-3-4-5-6-7-8-9-10-11-12-13-14-15-16-26-20-18-27-22(21(20)25)19(24)17-23/h6-7,19-25H,2-5,8-18H2,1H3/b7-6+/t19-,20+,21-,22-/m1/s1. The Kier molecular flexibility index (Phi) is 15.0. The molecule has 1 aliphatic rings. The molecule has 0 bridgehead atoms. The van der Waals surface area contributed by atoms with E-state index in [9.17, 15) is 10.2 Å². The number of ether oxygens (including phenoxy) is 2. The van der Waals surface area contributed by atoms with E-state index in [-0.39, 0.29) is 6.61 Å².